The normalized spacial score (nSPS) is 18.7. The molecule has 1 atom stereocenters. The standard InChI is InChI=1S/C13H20N2O2S/c1-9(2)18(16,17)12-5-3-10(4-6-12)13(14)11-7-15-8-11/h3-6,9,11,13,15H,7-8,14H2,1-2H3. The number of hydrogen-bond acceptors (Lipinski definition) is 4. The maximum Gasteiger partial charge on any atom is 0.180 e. The Balaban J connectivity index is 2.20. The van der Waals surface area contributed by atoms with Crippen LogP contribution >= 0.6 is 0 Å². The SMILES string of the molecule is CC(C)S(=O)(=O)c1ccc(C(N)C2CNC2)cc1. The molecular formula is C13H20N2O2S. The van der Waals surface area contributed by atoms with Gasteiger partial charge in [0.15, 0.2) is 9.84 Å². The summed E-state index contributed by atoms with van der Waals surface area (Å²) < 4.78 is 23.9. The van der Waals surface area contributed by atoms with Gasteiger partial charge < -0.3 is 11.1 Å². The summed E-state index contributed by atoms with van der Waals surface area (Å²) in [5.41, 5.74) is 7.13. The molecule has 5 heteroatoms. The number of hydrogen-bond donors (Lipinski definition) is 2. The zero-order chi connectivity index (χ0) is 13.3. The number of sulfone groups is 1. The molecule has 1 unspecified atom stereocenters. The third kappa shape index (κ3) is 2.43. The maximum atomic E-state index is 12.0. The summed E-state index contributed by atoms with van der Waals surface area (Å²) in [6.45, 7) is 5.25. The highest BCUT2D eigenvalue weighted by Crippen LogP contribution is 2.24. The van der Waals surface area contributed by atoms with Gasteiger partial charge in [-0.15, -0.1) is 0 Å². The van der Waals surface area contributed by atoms with Gasteiger partial charge in [-0.25, -0.2) is 8.42 Å². The molecule has 0 saturated carbocycles. The Kier molecular flexibility index (Phi) is 3.75. The van der Waals surface area contributed by atoms with E-state index in [1.54, 1.807) is 26.0 Å². The molecule has 1 aliphatic rings. The van der Waals surface area contributed by atoms with E-state index in [4.69, 9.17) is 5.73 Å². The third-order valence-electron chi connectivity index (χ3n) is 3.54. The van der Waals surface area contributed by atoms with Gasteiger partial charge in [0.05, 0.1) is 10.1 Å². The average molecular weight is 268 g/mol. The van der Waals surface area contributed by atoms with Crippen molar-refractivity contribution in [2.24, 2.45) is 11.7 Å². The molecule has 1 aromatic carbocycles. The van der Waals surface area contributed by atoms with E-state index in [1.165, 1.54) is 0 Å². The topological polar surface area (TPSA) is 72.2 Å². The number of rotatable bonds is 4. The van der Waals surface area contributed by atoms with Crippen LogP contribution in [-0.4, -0.2) is 26.8 Å². The molecule has 100 valence electrons. The van der Waals surface area contributed by atoms with Gasteiger partial charge in [0.25, 0.3) is 0 Å². The van der Waals surface area contributed by atoms with Gasteiger partial charge in [0.1, 0.15) is 0 Å². The van der Waals surface area contributed by atoms with E-state index in [9.17, 15) is 8.42 Å². The van der Waals surface area contributed by atoms with Crippen molar-refractivity contribution in [1.82, 2.24) is 5.32 Å². The quantitative estimate of drug-likeness (QED) is 0.857. The van der Waals surface area contributed by atoms with Crippen LogP contribution in [0.25, 0.3) is 0 Å². The van der Waals surface area contributed by atoms with Gasteiger partial charge >= 0.3 is 0 Å². The van der Waals surface area contributed by atoms with Crippen molar-refractivity contribution in [3.63, 3.8) is 0 Å². The minimum Gasteiger partial charge on any atom is -0.324 e. The molecule has 2 rings (SSSR count). The Hall–Kier alpha value is -0.910. The molecule has 0 aromatic heterocycles. The molecule has 0 amide bonds. The minimum absolute atomic E-state index is 0.0120. The second-order valence-corrected chi connectivity index (χ2v) is 7.61. The van der Waals surface area contributed by atoms with E-state index >= 15 is 0 Å². The molecule has 3 N–H and O–H groups in total. The molecule has 1 fully saturated rings. The lowest BCUT2D eigenvalue weighted by Gasteiger charge is -2.32. The van der Waals surface area contributed by atoms with Crippen LogP contribution in [0.4, 0.5) is 0 Å². The lowest BCUT2D eigenvalue weighted by atomic mass is 9.89. The van der Waals surface area contributed by atoms with Crippen LogP contribution in [0.2, 0.25) is 0 Å². The first-order chi connectivity index (χ1) is 8.43. The number of benzene rings is 1. The molecule has 0 bridgehead atoms. The summed E-state index contributed by atoms with van der Waals surface area (Å²) in [5.74, 6) is 0.456. The second kappa shape index (κ2) is 4.99. The Morgan fingerprint density at radius 2 is 1.78 bits per heavy atom. The molecule has 0 radical (unpaired) electrons. The van der Waals surface area contributed by atoms with Gasteiger partial charge in [-0.1, -0.05) is 12.1 Å². The molecule has 1 aliphatic heterocycles. The number of nitrogens with one attached hydrogen (secondary N) is 1. The van der Waals surface area contributed by atoms with Crippen LogP contribution in [0.1, 0.15) is 25.5 Å². The van der Waals surface area contributed by atoms with Crippen LogP contribution in [0.15, 0.2) is 29.2 Å². The van der Waals surface area contributed by atoms with Gasteiger partial charge in [-0.2, -0.15) is 0 Å². The first-order valence-corrected chi connectivity index (χ1v) is 7.77. The molecule has 18 heavy (non-hydrogen) atoms. The second-order valence-electron chi connectivity index (χ2n) is 5.11. The molecule has 1 saturated heterocycles. The highest BCUT2D eigenvalue weighted by Gasteiger charge is 2.26. The zero-order valence-corrected chi connectivity index (χ0v) is 11.6. The summed E-state index contributed by atoms with van der Waals surface area (Å²) in [5, 5.41) is 2.79. The summed E-state index contributed by atoms with van der Waals surface area (Å²) in [4.78, 5) is 0.375. The van der Waals surface area contributed by atoms with E-state index < -0.39 is 15.1 Å². The lowest BCUT2D eigenvalue weighted by Crippen LogP contribution is -2.47. The fraction of sp³-hybridized carbons (Fsp3) is 0.538. The largest absolute Gasteiger partial charge is 0.324 e. The van der Waals surface area contributed by atoms with E-state index in [1.807, 2.05) is 12.1 Å². The first-order valence-electron chi connectivity index (χ1n) is 6.23. The summed E-state index contributed by atoms with van der Waals surface area (Å²) in [6, 6.07) is 6.98. The van der Waals surface area contributed by atoms with E-state index in [0.29, 0.717) is 10.8 Å². The Morgan fingerprint density at radius 3 is 2.17 bits per heavy atom. The third-order valence-corrected chi connectivity index (χ3v) is 5.71. The predicted molar refractivity (Wildman–Crippen MR) is 72.1 cm³/mol. The molecule has 1 heterocycles. The molecule has 0 aliphatic carbocycles. The Morgan fingerprint density at radius 1 is 1.22 bits per heavy atom. The van der Waals surface area contributed by atoms with E-state index in [0.717, 1.165) is 18.7 Å². The van der Waals surface area contributed by atoms with Crippen LogP contribution < -0.4 is 11.1 Å². The van der Waals surface area contributed by atoms with Crippen molar-refractivity contribution in [1.29, 1.82) is 0 Å². The van der Waals surface area contributed by atoms with Crippen molar-refractivity contribution in [2.45, 2.75) is 30.0 Å². The van der Waals surface area contributed by atoms with Crippen LogP contribution in [-0.2, 0) is 9.84 Å². The van der Waals surface area contributed by atoms with Gasteiger partial charge in [0.2, 0.25) is 0 Å². The molecule has 4 nitrogen and oxygen atoms in total. The summed E-state index contributed by atoms with van der Waals surface area (Å²) in [7, 11) is -3.18. The zero-order valence-electron chi connectivity index (χ0n) is 10.8. The Bertz CT molecular complexity index is 504. The minimum atomic E-state index is -3.18. The monoisotopic (exact) mass is 268 g/mol. The number of nitrogens with two attached hydrogens (primary N) is 1. The first kappa shape index (κ1) is 13.5. The maximum absolute atomic E-state index is 12.0. The highest BCUT2D eigenvalue weighted by atomic mass is 32.2. The van der Waals surface area contributed by atoms with E-state index in [-0.39, 0.29) is 6.04 Å². The van der Waals surface area contributed by atoms with Crippen LogP contribution in [0, 0.1) is 5.92 Å². The highest BCUT2D eigenvalue weighted by molar-refractivity contribution is 7.92. The summed E-state index contributed by atoms with van der Waals surface area (Å²) in [6.07, 6.45) is 0. The lowest BCUT2D eigenvalue weighted by molar-refractivity contribution is 0.295. The van der Waals surface area contributed by atoms with Gasteiger partial charge in [-0.05, 0) is 31.5 Å². The van der Waals surface area contributed by atoms with Gasteiger partial charge in [-0.3, -0.25) is 0 Å². The average Bonchev–Trinajstić information content (AvgIpc) is 2.26. The predicted octanol–water partition coefficient (Wildman–Crippen LogP) is 1.09. The van der Waals surface area contributed by atoms with Crippen LogP contribution in [0.3, 0.4) is 0 Å². The fourth-order valence-corrected chi connectivity index (χ4v) is 3.05. The van der Waals surface area contributed by atoms with Gasteiger partial charge in [0, 0.05) is 25.0 Å². The van der Waals surface area contributed by atoms with Crippen LogP contribution in [0.5, 0.6) is 0 Å². The summed E-state index contributed by atoms with van der Waals surface area (Å²) >= 11 is 0. The van der Waals surface area contributed by atoms with E-state index in [2.05, 4.69) is 5.32 Å². The van der Waals surface area contributed by atoms with Crippen molar-refractivity contribution < 1.29 is 8.42 Å². The molecule has 1 aromatic rings. The fourth-order valence-electron chi connectivity index (χ4n) is 1.99. The van der Waals surface area contributed by atoms with Crippen molar-refractivity contribution in [3.8, 4) is 0 Å². The Labute approximate surface area is 108 Å². The molecular weight excluding hydrogens is 248 g/mol. The smallest absolute Gasteiger partial charge is 0.180 e. The van der Waals surface area contributed by atoms with Crippen molar-refractivity contribution >= 4 is 9.84 Å². The van der Waals surface area contributed by atoms with Crippen molar-refractivity contribution in [2.75, 3.05) is 13.1 Å². The van der Waals surface area contributed by atoms with Crippen molar-refractivity contribution in [3.05, 3.63) is 29.8 Å². The molecule has 0 spiro atoms.